The zero-order valence-corrected chi connectivity index (χ0v) is 17.1. The zero-order valence-electron chi connectivity index (χ0n) is 17.1. The van der Waals surface area contributed by atoms with Crippen molar-refractivity contribution in [2.24, 2.45) is 0 Å². The lowest BCUT2D eigenvalue weighted by Gasteiger charge is -2.26. The Kier molecular flexibility index (Phi) is 6.77. The van der Waals surface area contributed by atoms with Gasteiger partial charge >= 0.3 is 0 Å². The number of carbonyl (C=O) groups is 1. The molecule has 1 atom stereocenters. The van der Waals surface area contributed by atoms with E-state index >= 15 is 0 Å². The summed E-state index contributed by atoms with van der Waals surface area (Å²) >= 11 is 0. The minimum Gasteiger partial charge on any atom is -0.379 e. The van der Waals surface area contributed by atoms with E-state index in [1.54, 1.807) is 6.07 Å². The third-order valence-electron chi connectivity index (χ3n) is 5.71. The molecule has 4 rings (SSSR count). The van der Waals surface area contributed by atoms with Gasteiger partial charge in [0.2, 0.25) is 5.91 Å². The largest absolute Gasteiger partial charge is 0.379 e. The maximum Gasteiger partial charge on any atom is 0.220 e. The molecule has 6 heteroatoms. The number of halogens is 1. The number of benzene rings is 2. The van der Waals surface area contributed by atoms with E-state index in [9.17, 15) is 9.18 Å². The van der Waals surface area contributed by atoms with Gasteiger partial charge in [0.25, 0.3) is 0 Å². The minimum atomic E-state index is -0.289. The number of hydrogen-bond acceptors (Lipinski definition) is 3. The van der Waals surface area contributed by atoms with Gasteiger partial charge in [-0.15, -0.1) is 0 Å². The Bertz CT molecular complexity index is 981. The SMILES string of the molecule is O=C(CC(c1cccc(F)c1)c1c[nH]c2ccccc12)NCCCN1CCOCC1. The average Bonchev–Trinajstić information content (AvgIpc) is 3.20. The summed E-state index contributed by atoms with van der Waals surface area (Å²) in [5.41, 5.74) is 2.84. The molecule has 0 radical (unpaired) electrons. The molecule has 5 nitrogen and oxygen atoms in total. The molecule has 1 unspecified atom stereocenters. The Hall–Kier alpha value is -2.70. The van der Waals surface area contributed by atoms with E-state index in [1.165, 1.54) is 12.1 Å². The number of aromatic nitrogens is 1. The van der Waals surface area contributed by atoms with E-state index in [0.717, 1.165) is 61.3 Å². The second kappa shape index (κ2) is 9.87. The number of carbonyl (C=O) groups excluding carboxylic acids is 1. The van der Waals surface area contributed by atoms with Crippen LogP contribution < -0.4 is 5.32 Å². The highest BCUT2D eigenvalue weighted by Crippen LogP contribution is 2.33. The third-order valence-corrected chi connectivity index (χ3v) is 5.71. The van der Waals surface area contributed by atoms with E-state index in [-0.39, 0.29) is 24.1 Å². The van der Waals surface area contributed by atoms with Gasteiger partial charge in [-0.05, 0) is 42.3 Å². The molecule has 0 spiro atoms. The van der Waals surface area contributed by atoms with Crippen molar-refractivity contribution in [3.63, 3.8) is 0 Å². The maximum absolute atomic E-state index is 13.9. The smallest absolute Gasteiger partial charge is 0.220 e. The Morgan fingerprint density at radius 3 is 2.83 bits per heavy atom. The van der Waals surface area contributed by atoms with Crippen LogP contribution in [0.3, 0.4) is 0 Å². The molecule has 2 aromatic carbocycles. The normalized spacial score (nSPS) is 15.9. The van der Waals surface area contributed by atoms with Crippen molar-refractivity contribution < 1.29 is 13.9 Å². The highest BCUT2D eigenvalue weighted by molar-refractivity contribution is 5.86. The van der Waals surface area contributed by atoms with E-state index in [2.05, 4.69) is 15.2 Å². The highest BCUT2D eigenvalue weighted by Gasteiger charge is 2.22. The lowest BCUT2D eigenvalue weighted by Crippen LogP contribution is -2.38. The zero-order chi connectivity index (χ0) is 20.8. The van der Waals surface area contributed by atoms with Crippen LogP contribution in [0.25, 0.3) is 10.9 Å². The number of ether oxygens (including phenoxy) is 1. The molecule has 2 heterocycles. The first kappa shape index (κ1) is 20.6. The van der Waals surface area contributed by atoms with Crippen molar-refractivity contribution in [2.75, 3.05) is 39.4 Å². The fourth-order valence-electron chi connectivity index (χ4n) is 4.13. The van der Waals surface area contributed by atoms with Crippen LogP contribution >= 0.6 is 0 Å². The third kappa shape index (κ3) is 5.07. The molecule has 0 aliphatic carbocycles. The summed E-state index contributed by atoms with van der Waals surface area (Å²) in [6.45, 7) is 5.07. The van der Waals surface area contributed by atoms with Crippen LogP contribution in [0.2, 0.25) is 0 Å². The summed E-state index contributed by atoms with van der Waals surface area (Å²) in [6.07, 6.45) is 3.12. The van der Waals surface area contributed by atoms with Crippen molar-refractivity contribution in [1.29, 1.82) is 0 Å². The van der Waals surface area contributed by atoms with Crippen LogP contribution in [0.15, 0.2) is 54.7 Å². The number of amides is 1. The lowest BCUT2D eigenvalue weighted by molar-refractivity contribution is -0.121. The fraction of sp³-hybridized carbons (Fsp3) is 0.375. The van der Waals surface area contributed by atoms with Crippen LogP contribution in [0.5, 0.6) is 0 Å². The van der Waals surface area contributed by atoms with E-state index < -0.39 is 0 Å². The van der Waals surface area contributed by atoms with Crippen molar-refractivity contribution >= 4 is 16.8 Å². The van der Waals surface area contributed by atoms with Crippen molar-refractivity contribution in [2.45, 2.75) is 18.8 Å². The summed E-state index contributed by atoms with van der Waals surface area (Å²) in [4.78, 5) is 18.4. The van der Waals surface area contributed by atoms with Crippen molar-refractivity contribution in [1.82, 2.24) is 15.2 Å². The Morgan fingerprint density at radius 2 is 2.00 bits per heavy atom. The van der Waals surface area contributed by atoms with Gasteiger partial charge in [-0.3, -0.25) is 9.69 Å². The van der Waals surface area contributed by atoms with Gasteiger partial charge < -0.3 is 15.0 Å². The van der Waals surface area contributed by atoms with Crippen LogP contribution in [-0.2, 0) is 9.53 Å². The molecular formula is C24H28FN3O2. The number of para-hydroxylation sites is 1. The van der Waals surface area contributed by atoms with Crippen LogP contribution in [0, 0.1) is 5.82 Å². The van der Waals surface area contributed by atoms with Crippen LogP contribution in [0.4, 0.5) is 4.39 Å². The van der Waals surface area contributed by atoms with E-state index in [4.69, 9.17) is 4.74 Å². The fourth-order valence-corrected chi connectivity index (χ4v) is 4.13. The first-order chi connectivity index (χ1) is 14.7. The summed E-state index contributed by atoms with van der Waals surface area (Å²) in [6, 6.07) is 14.5. The van der Waals surface area contributed by atoms with Crippen LogP contribution in [-0.4, -0.2) is 55.2 Å². The first-order valence-corrected chi connectivity index (χ1v) is 10.6. The van der Waals surface area contributed by atoms with Gasteiger partial charge in [0.1, 0.15) is 5.82 Å². The number of hydrogen-bond donors (Lipinski definition) is 2. The number of aromatic amines is 1. The van der Waals surface area contributed by atoms with Gasteiger partial charge in [0.05, 0.1) is 13.2 Å². The number of nitrogens with one attached hydrogen (secondary N) is 2. The van der Waals surface area contributed by atoms with Gasteiger partial charge in [0, 0.05) is 49.1 Å². The molecule has 0 bridgehead atoms. The van der Waals surface area contributed by atoms with Crippen LogP contribution in [0.1, 0.15) is 29.9 Å². The maximum atomic E-state index is 13.9. The number of morpholine rings is 1. The molecule has 1 amide bonds. The predicted octanol–water partition coefficient (Wildman–Crippen LogP) is 3.67. The Morgan fingerprint density at radius 1 is 1.17 bits per heavy atom. The number of nitrogens with zero attached hydrogens (tertiary/aromatic N) is 1. The number of H-pyrrole nitrogens is 1. The molecule has 30 heavy (non-hydrogen) atoms. The second-order valence-corrected chi connectivity index (χ2v) is 7.76. The molecule has 158 valence electrons. The summed E-state index contributed by atoms with van der Waals surface area (Å²) in [7, 11) is 0. The van der Waals surface area contributed by atoms with Gasteiger partial charge in [0.15, 0.2) is 0 Å². The van der Waals surface area contributed by atoms with Gasteiger partial charge in [-0.1, -0.05) is 30.3 Å². The molecular weight excluding hydrogens is 381 g/mol. The molecule has 2 N–H and O–H groups in total. The molecule has 3 aromatic rings. The van der Waals surface area contributed by atoms with Gasteiger partial charge in [-0.2, -0.15) is 0 Å². The average molecular weight is 410 g/mol. The molecule has 1 aromatic heterocycles. The molecule has 1 saturated heterocycles. The standard InChI is InChI=1S/C24H28FN3O2/c25-19-6-3-5-18(15-19)21(22-17-27-23-8-2-1-7-20(22)23)16-24(29)26-9-4-10-28-11-13-30-14-12-28/h1-3,5-8,15,17,21,27H,4,9-14,16H2,(H,26,29). The van der Waals surface area contributed by atoms with Crippen molar-refractivity contribution in [3.8, 4) is 0 Å². The molecule has 1 fully saturated rings. The highest BCUT2D eigenvalue weighted by atomic mass is 19.1. The summed E-state index contributed by atoms with van der Waals surface area (Å²) in [5.74, 6) is -0.518. The van der Waals surface area contributed by atoms with Gasteiger partial charge in [-0.25, -0.2) is 4.39 Å². The van der Waals surface area contributed by atoms with E-state index in [1.807, 2.05) is 36.5 Å². The minimum absolute atomic E-state index is 0.0171. The number of rotatable bonds is 8. The lowest BCUT2D eigenvalue weighted by atomic mass is 9.88. The van der Waals surface area contributed by atoms with Crippen molar-refractivity contribution in [3.05, 3.63) is 71.7 Å². The Labute approximate surface area is 176 Å². The topological polar surface area (TPSA) is 57.4 Å². The summed E-state index contributed by atoms with van der Waals surface area (Å²) in [5, 5.41) is 4.11. The summed E-state index contributed by atoms with van der Waals surface area (Å²) < 4.78 is 19.3. The quantitative estimate of drug-likeness (QED) is 0.558. The van der Waals surface area contributed by atoms with E-state index in [0.29, 0.717) is 6.54 Å². The first-order valence-electron chi connectivity index (χ1n) is 10.6. The molecule has 0 saturated carbocycles. The number of fused-ring (bicyclic) bond motifs is 1. The molecule has 1 aliphatic rings. The monoisotopic (exact) mass is 409 g/mol. The second-order valence-electron chi connectivity index (χ2n) is 7.76. The molecule has 1 aliphatic heterocycles. The Balaban J connectivity index is 1.43. The predicted molar refractivity (Wildman–Crippen MR) is 116 cm³/mol.